The van der Waals surface area contributed by atoms with E-state index in [0.717, 1.165) is 12.8 Å². The molecule has 0 saturated heterocycles. The lowest BCUT2D eigenvalue weighted by Gasteiger charge is -2.13. The van der Waals surface area contributed by atoms with Gasteiger partial charge in [-0.05, 0) is 36.3 Å². The summed E-state index contributed by atoms with van der Waals surface area (Å²) in [4.78, 5) is 26.9. The first kappa shape index (κ1) is 22.6. The van der Waals surface area contributed by atoms with Crippen LogP contribution in [0.3, 0.4) is 0 Å². The summed E-state index contributed by atoms with van der Waals surface area (Å²) in [7, 11) is 1.49. The number of carbonyl (C=O) groups is 1. The van der Waals surface area contributed by atoms with Crippen LogP contribution >= 0.6 is 23.2 Å². The fourth-order valence-corrected chi connectivity index (χ4v) is 3.23. The van der Waals surface area contributed by atoms with E-state index < -0.39 is 10.9 Å². The summed E-state index contributed by atoms with van der Waals surface area (Å²) in [6.07, 6.45) is 3.31. The van der Waals surface area contributed by atoms with E-state index in [1.807, 2.05) is 6.92 Å². The molecule has 1 heterocycles. The standard InChI is InChI=1S/C21H18Cl2N2O6/c1-3-4-7-30-19-16(23)8-12(10-18(19)29-2)9-17-21(26)31-20(24-17)14-11-13(25(27)28)5-6-15(14)22/h5-6,8-11H,3-4,7H2,1-2H3/b17-9-. The summed E-state index contributed by atoms with van der Waals surface area (Å²) in [6, 6.07) is 7.05. The molecule has 1 aliphatic heterocycles. The van der Waals surface area contributed by atoms with Crippen LogP contribution in [-0.2, 0) is 9.53 Å². The average Bonchev–Trinajstić information content (AvgIpc) is 3.09. The number of non-ortho nitro benzene ring substituents is 1. The molecule has 0 N–H and O–H groups in total. The molecule has 0 fully saturated rings. The van der Waals surface area contributed by atoms with Crippen molar-refractivity contribution in [3.63, 3.8) is 0 Å². The molecule has 0 unspecified atom stereocenters. The maximum Gasteiger partial charge on any atom is 0.363 e. The van der Waals surface area contributed by atoms with Gasteiger partial charge >= 0.3 is 5.97 Å². The number of hydrogen-bond acceptors (Lipinski definition) is 7. The van der Waals surface area contributed by atoms with Crippen molar-refractivity contribution in [2.24, 2.45) is 4.99 Å². The Bertz CT molecular complexity index is 1100. The predicted molar refractivity (Wildman–Crippen MR) is 117 cm³/mol. The number of nitrogens with zero attached hydrogens (tertiary/aromatic N) is 2. The Hall–Kier alpha value is -3.10. The molecule has 0 aromatic heterocycles. The number of nitro groups is 1. The number of unbranched alkanes of at least 4 members (excludes halogenated alkanes) is 1. The van der Waals surface area contributed by atoms with Gasteiger partial charge < -0.3 is 14.2 Å². The predicted octanol–water partition coefficient (Wildman–Crippen LogP) is 5.43. The molecule has 0 amide bonds. The molecular weight excluding hydrogens is 447 g/mol. The minimum atomic E-state index is -0.726. The summed E-state index contributed by atoms with van der Waals surface area (Å²) >= 11 is 12.4. The summed E-state index contributed by atoms with van der Waals surface area (Å²) in [6.45, 7) is 2.55. The number of methoxy groups -OCH3 is 1. The first-order chi connectivity index (χ1) is 14.8. The van der Waals surface area contributed by atoms with Crippen molar-refractivity contribution in [3.8, 4) is 11.5 Å². The van der Waals surface area contributed by atoms with E-state index in [1.165, 1.54) is 31.4 Å². The van der Waals surface area contributed by atoms with Crippen molar-refractivity contribution in [2.45, 2.75) is 19.8 Å². The summed E-state index contributed by atoms with van der Waals surface area (Å²) in [5, 5.41) is 11.5. The van der Waals surface area contributed by atoms with Crippen LogP contribution < -0.4 is 9.47 Å². The molecule has 0 spiro atoms. The van der Waals surface area contributed by atoms with Gasteiger partial charge in [-0.25, -0.2) is 9.79 Å². The minimum Gasteiger partial charge on any atom is -0.493 e. The van der Waals surface area contributed by atoms with Crippen LogP contribution in [0.4, 0.5) is 5.69 Å². The smallest absolute Gasteiger partial charge is 0.363 e. The Morgan fingerprint density at radius 1 is 1.23 bits per heavy atom. The van der Waals surface area contributed by atoms with Crippen molar-refractivity contribution in [1.29, 1.82) is 0 Å². The van der Waals surface area contributed by atoms with Crippen molar-refractivity contribution in [2.75, 3.05) is 13.7 Å². The Balaban J connectivity index is 1.94. The van der Waals surface area contributed by atoms with Gasteiger partial charge in [-0.15, -0.1) is 0 Å². The lowest BCUT2D eigenvalue weighted by molar-refractivity contribution is -0.384. The van der Waals surface area contributed by atoms with Crippen molar-refractivity contribution >= 4 is 46.8 Å². The van der Waals surface area contributed by atoms with Crippen LogP contribution in [0.25, 0.3) is 6.08 Å². The molecule has 1 aliphatic rings. The molecular formula is C21H18Cl2N2O6. The number of aliphatic imine (C=N–C) groups is 1. The molecule has 162 valence electrons. The van der Waals surface area contributed by atoms with Gasteiger partial charge in [0.15, 0.2) is 17.2 Å². The highest BCUT2D eigenvalue weighted by molar-refractivity contribution is 6.34. The molecule has 31 heavy (non-hydrogen) atoms. The molecule has 0 radical (unpaired) electrons. The molecule has 8 nitrogen and oxygen atoms in total. The number of cyclic esters (lactones) is 1. The lowest BCUT2D eigenvalue weighted by Crippen LogP contribution is -2.06. The third-order valence-electron chi connectivity index (χ3n) is 4.31. The van der Waals surface area contributed by atoms with E-state index in [2.05, 4.69) is 4.99 Å². The van der Waals surface area contributed by atoms with E-state index in [4.69, 9.17) is 37.4 Å². The number of esters is 1. The second-order valence-corrected chi connectivity index (χ2v) is 7.31. The van der Waals surface area contributed by atoms with E-state index >= 15 is 0 Å². The molecule has 2 aromatic rings. The Morgan fingerprint density at radius 2 is 2.00 bits per heavy atom. The van der Waals surface area contributed by atoms with Gasteiger partial charge in [-0.1, -0.05) is 36.5 Å². The third-order valence-corrected chi connectivity index (χ3v) is 4.92. The quantitative estimate of drug-likeness (QED) is 0.169. The van der Waals surface area contributed by atoms with Crippen LogP contribution in [0.2, 0.25) is 10.0 Å². The zero-order valence-corrected chi connectivity index (χ0v) is 18.2. The van der Waals surface area contributed by atoms with Crippen LogP contribution in [0, 0.1) is 10.1 Å². The third kappa shape index (κ3) is 5.15. The number of nitro benzene ring substituents is 1. The largest absolute Gasteiger partial charge is 0.493 e. The second-order valence-electron chi connectivity index (χ2n) is 6.49. The van der Waals surface area contributed by atoms with Gasteiger partial charge in [0.2, 0.25) is 5.90 Å². The Kier molecular flexibility index (Phi) is 7.14. The van der Waals surface area contributed by atoms with Gasteiger partial charge in [0.1, 0.15) is 0 Å². The normalized spacial score (nSPS) is 14.4. The van der Waals surface area contributed by atoms with Gasteiger partial charge in [-0.3, -0.25) is 10.1 Å². The van der Waals surface area contributed by atoms with Crippen LogP contribution in [0.15, 0.2) is 41.0 Å². The number of rotatable bonds is 8. The molecule has 0 saturated carbocycles. The van der Waals surface area contributed by atoms with Crippen LogP contribution in [0.5, 0.6) is 11.5 Å². The Labute approximate surface area is 188 Å². The first-order valence-electron chi connectivity index (χ1n) is 9.31. The lowest BCUT2D eigenvalue weighted by atomic mass is 10.1. The average molecular weight is 465 g/mol. The molecule has 0 bridgehead atoms. The number of ether oxygens (including phenoxy) is 3. The van der Waals surface area contributed by atoms with Gasteiger partial charge in [0, 0.05) is 12.1 Å². The van der Waals surface area contributed by atoms with E-state index in [9.17, 15) is 14.9 Å². The van der Waals surface area contributed by atoms with Gasteiger partial charge in [0.05, 0.1) is 34.2 Å². The number of carbonyl (C=O) groups excluding carboxylic acids is 1. The van der Waals surface area contributed by atoms with Gasteiger partial charge in [-0.2, -0.15) is 0 Å². The zero-order valence-electron chi connectivity index (χ0n) is 16.7. The molecule has 3 rings (SSSR count). The first-order valence-corrected chi connectivity index (χ1v) is 10.1. The number of halogens is 2. The maximum atomic E-state index is 12.3. The maximum absolute atomic E-state index is 12.3. The highest BCUT2D eigenvalue weighted by Crippen LogP contribution is 2.37. The van der Waals surface area contributed by atoms with Crippen molar-refractivity contribution in [3.05, 3.63) is 67.3 Å². The zero-order chi connectivity index (χ0) is 22.5. The topological polar surface area (TPSA) is 100 Å². The number of benzene rings is 2. The highest BCUT2D eigenvalue weighted by atomic mass is 35.5. The summed E-state index contributed by atoms with van der Waals surface area (Å²) in [5.74, 6) is -0.0208. The summed E-state index contributed by atoms with van der Waals surface area (Å²) in [5.41, 5.74) is 0.454. The van der Waals surface area contributed by atoms with Gasteiger partial charge in [0.25, 0.3) is 5.69 Å². The SMILES string of the molecule is CCCCOc1c(Cl)cc(/C=C2\N=C(c3cc([N+](=O)[O-])ccc3Cl)OC2=O)cc1OC. The molecule has 0 atom stereocenters. The van der Waals surface area contributed by atoms with E-state index in [-0.39, 0.29) is 27.9 Å². The van der Waals surface area contributed by atoms with Crippen molar-refractivity contribution < 1.29 is 23.9 Å². The second kappa shape index (κ2) is 9.80. The monoisotopic (exact) mass is 464 g/mol. The highest BCUT2D eigenvalue weighted by Gasteiger charge is 2.27. The minimum absolute atomic E-state index is 0.0182. The molecule has 10 heteroatoms. The molecule has 2 aromatic carbocycles. The molecule has 0 aliphatic carbocycles. The van der Waals surface area contributed by atoms with Crippen LogP contribution in [0.1, 0.15) is 30.9 Å². The fourth-order valence-electron chi connectivity index (χ4n) is 2.75. The Morgan fingerprint density at radius 3 is 2.68 bits per heavy atom. The van der Waals surface area contributed by atoms with E-state index in [0.29, 0.717) is 28.7 Å². The van der Waals surface area contributed by atoms with E-state index in [1.54, 1.807) is 12.1 Å². The van der Waals surface area contributed by atoms with Crippen molar-refractivity contribution in [1.82, 2.24) is 0 Å². The fraction of sp³-hybridized carbons (Fsp3) is 0.238. The van der Waals surface area contributed by atoms with Crippen LogP contribution in [-0.4, -0.2) is 30.5 Å². The number of hydrogen-bond donors (Lipinski definition) is 0. The summed E-state index contributed by atoms with van der Waals surface area (Å²) < 4.78 is 16.2.